The van der Waals surface area contributed by atoms with E-state index in [9.17, 15) is 14.9 Å². The summed E-state index contributed by atoms with van der Waals surface area (Å²) in [7, 11) is 0. The fourth-order valence-corrected chi connectivity index (χ4v) is 3.94. The van der Waals surface area contributed by atoms with Crippen LogP contribution in [0.5, 0.6) is 0 Å². The molecule has 0 bridgehead atoms. The van der Waals surface area contributed by atoms with Crippen LogP contribution in [-0.4, -0.2) is 20.8 Å². The second kappa shape index (κ2) is 7.40. The van der Waals surface area contributed by atoms with Gasteiger partial charge in [-0.2, -0.15) is 0 Å². The average Bonchev–Trinajstić information content (AvgIpc) is 3.13. The number of hydrogen-bond acceptors (Lipinski definition) is 6. The smallest absolute Gasteiger partial charge is 0.273 e. The summed E-state index contributed by atoms with van der Waals surface area (Å²) >= 11 is 1.48. The number of nitrogens with one attached hydrogen (secondary N) is 1. The third-order valence-electron chi connectivity index (χ3n) is 4.65. The van der Waals surface area contributed by atoms with Gasteiger partial charge in [-0.05, 0) is 43.7 Å². The summed E-state index contributed by atoms with van der Waals surface area (Å²) < 4.78 is 0. The van der Waals surface area contributed by atoms with E-state index in [0.717, 1.165) is 26.5 Å². The van der Waals surface area contributed by atoms with Gasteiger partial charge in [-0.25, -0.2) is 9.97 Å². The standard InChI is InChI=1S/C21H16N4O3S/c1-12-8-9-14(20-24-16-6-4-10-22-21(16)29-20)11-17(12)23-19(26)15-5-3-7-18(13(15)2)25(27)28/h3-11H,1-2H3,(H,23,26). The SMILES string of the molecule is Cc1ccc(-c2nc3cccnc3s2)cc1NC(=O)c1cccc([N+](=O)[O-])c1C. The van der Waals surface area contributed by atoms with Crippen molar-refractivity contribution in [2.45, 2.75) is 13.8 Å². The number of nitrogens with zero attached hydrogens (tertiary/aromatic N) is 3. The molecule has 4 aromatic rings. The fourth-order valence-electron chi connectivity index (χ4n) is 3.04. The van der Waals surface area contributed by atoms with Gasteiger partial charge < -0.3 is 5.32 Å². The lowest BCUT2D eigenvalue weighted by Gasteiger charge is -2.11. The maximum atomic E-state index is 12.8. The van der Waals surface area contributed by atoms with Crippen LogP contribution in [0.2, 0.25) is 0 Å². The summed E-state index contributed by atoms with van der Waals surface area (Å²) in [4.78, 5) is 33.2. The largest absolute Gasteiger partial charge is 0.322 e. The second-order valence-corrected chi connectivity index (χ2v) is 7.51. The Morgan fingerprint density at radius 1 is 1.14 bits per heavy atom. The molecule has 0 aliphatic carbocycles. The van der Waals surface area contributed by atoms with Crippen molar-refractivity contribution >= 4 is 39.0 Å². The van der Waals surface area contributed by atoms with Gasteiger partial charge in [0.2, 0.25) is 0 Å². The Labute approximate surface area is 170 Å². The summed E-state index contributed by atoms with van der Waals surface area (Å²) in [5, 5.41) is 14.8. The lowest BCUT2D eigenvalue weighted by atomic mass is 10.1. The Bertz CT molecular complexity index is 1230. The van der Waals surface area contributed by atoms with E-state index in [1.807, 2.05) is 37.3 Å². The lowest BCUT2D eigenvalue weighted by Crippen LogP contribution is -2.15. The van der Waals surface area contributed by atoms with E-state index in [1.54, 1.807) is 19.2 Å². The molecule has 0 fully saturated rings. The quantitative estimate of drug-likeness (QED) is 0.375. The number of pyridine rings is 1. The van der Waals surface area contributed by atoms with Crippen molar-refractivity contribution in [1.82, 2.24) is 9.97 Å². The van der Waals surface area contributed by atoms with Crippen LogP contribution in [0.3, 0.4) is 0 Å². The molecule has 8 heteroatoms. The van der Waals surface area contributed by atoms with Crippen molar-refractivity contribution in [3.8, 4) is 10.6 Å². The van der Waals surface area contributed by atoms with E-state index in [1.165, 1.54) is 23.5 Å². The van der Waals surface area contributed by atoms with Crippen molar-refractivity contribution in [1.29, 1.82) is 0 Å². The molecule has 0 atom stereocenters. The van der Waals surface area contributed by atoms with Crippen LogP contribution in [0.4, 0.5) is 11.4 Å². The van der Waals surface area contributed by atoms with E-state index >= 15 is 0 Å². The van der Waals surface area contributed by atoms with Crippen LogP contribution in [0, 0.1) is 24.0 Å². The number of benzene rings is 2. The fraction of sp³-hybridized carbons (Fsp3) is 0.0952. The predicted molar refractivity (Wildman–Crippen MR) is 113 cm³/mol. The van der Waals surface area contributed by atoms with Crippen LogP contribution in [0.15, 0.2) is 54.7 Å². The van der Waals surface area contributed by atoms with Gasteiger partial charge in [0, 0.05) is 34.6 Å². The van der Waals surface area contributed by atoms with Gasteiger partial charge in [0.1, 0.15) is 15.4 Å². The van der Waals surface area contributed by atoms with Crippen LogP contribution in [-0.2, 0) is 0 Å². The highest BCUT2D eigenvalue weighted by Crippen LogP contribution is 2.32. The number of carbonyl (C=O) groups is 1. The number of aromatic nitrogens is 2. The van der Waals surface area contributed by atoms with Gasteiger partial charge in [0.05, 0.1) is 4.92 Å². The number of nitro groups is 1. The normalized spacial score (nSPS) is 10.8. The molecule has 0 spiro atoms. The summed E-state index contributed by atoms with van der Waals surface area (Å²) in [5.41, 5.74) is 3.73. The van der Waals surface area contributed by atoms with Crippen molar-refractivity contribution in [3.05, 3.63) is 81.5 Å². The van der Waals surface area contributed by atoms with E-state index in [0.29, 0.717) is 11.3 Å². The number of anilines is 1. The minimum atomic E-state index is -0.487. The first kappa shape index (κ1) is 18.7. The zero-order valence-electron chi connectivity index (χ0n) is 15.7. The molecule has 4 rings (SSSR count). The first-order valence-electron chi connectivity index (χ1n) is 8.82. The number of nitro benzene ring substituents is 1. The second-order valence-electron chi connectivity index (χ2n) is 6.54. The highest BCUT2D eigenvalue weighted by molar-refractivity contribution is 7.21. The van der Waals surface area contributed by atoms with Crippen molar-refractivity contribution in [2.75, 3.05) is 5.32 Å². The molecule has 2 heterocycles. The Morgan fingerprint density at radius 2 is 1.97 bits per heavy atom. The lowest BCUT2D eigenvalue weighted by molar-refractivity contribution is -0.385. The minimum absolute atomic E-state index is 0.0786. The number of hydrogen-bond donors (Lipinski definition) is 1. The zero-order chi connectivity index (χ0) is 20.5. The number of rotatable bonds is 4. The van der Waals surface area contributed by atoms with Gasteiger partial charge >= 0.3 is 0 Å². The van der Waals surface area contributed by atoms with Crippen molar-refractivity contribution in [3.63, 3.8) is 0 Å². The highest BCUT2D eigenvalue weighted by Gasteiger charge is 2.19. The molecular weight excluding hydrogens is 388 g/mol. The molecule has 0 radical (unpaired) electrons. The van der Waals surface area contributed by atoms with Crippen LogP contribution < -0.4 is 5.32 Å². The van der Waals surface area contributed by atoms with Gasteiger partial charge in [-0.15, -0.1) is 0 Å². The van der Waals surface area contributed by atoms with E-state index in [4.69, 9.17) is 0 Å². The molecule has 2 aromatic heterocycles. The molecular formula is C21H16N4O3S. The summed E-state index contributed by atoms with van der Waals surface area (Å²) in [6, 6.07) is 13.9. The molecule has 0 saturated heterocycles. The molecule has 0 saturated carbocycles. The molecule has 7 nitrogen and oxygen atoms in total. The highest BCUT2D eigenvalue weighted by atomic mass is 32.1. The molecule has 29 heavy (non-hydrogen) atoms. The monoisotopic (exact) mass is 404 g/mol. The first-order chi connectivity index (χ1) is 13.9. The molecule has 0 unspecified atom stereocenters. The van der Waals surface area contributed by atoms with Crippen molar-refractivity contribution < 1.29 is 9.72 Å². The maximum Gasteiger partial charge on any atom is 0.273 e. The molecule has 0 aliphatic rings. The summed E-state index contributed by atoms with van der Waals surface area (Å²) in [6.07, 6.45) is 1.73. The average molecular weight is 404 g/mol. The Morgan fingerprint density at radius 3 is 2.72 bits per heavy atom. The summed E-state index contributed by atoms with van der Waals surface area (Å²) in [5.74, 6) is -0.391. The van der Waals surface area contributed by atoms with Gasteiger partial charge in [0.15, 0.2) is 0 Å². The topological polar surface area (TPSA) is 98.0 Å². The van der Waals surface area contributed by atoms with Crippen LogP contribution >= 0.6 is 11.3 Å². The number of fused-ring (bicyclic) bond motifs is 1. The molecule has 1 N–H and O–H groups in total. The number of carbonyl (C=O) groups excluding carboxylic acids is 1. The number of amides is 1. The first-order valence-corrected chi connectivity index (χ1v) is 9.63. The molecule has 144 valence electrons. The summed E-state index contributed by atoms with van der Waals surface area (Å²) in [6.45, 7) is 3.46. The van der Waals surface area contributed by atoms with Crippen LogP contribution in [0.1, 0.15) is 21.5 Å². The molecule has 1 amide bonds. The third kappa shape index (κ3) is 3.57. The third-order valence-corrected chi connectivity index (χ3v) is 5.67. The Kier molecular flexibility index (Phi) is 4.77. The number of aryl methyl sites for hydroxylation is 1. The van der Waals surface area contributed by atoms with E-state index < -0.39 is 10.8 Å². The van der Waals surface area contributed by atoms with Crippen molar-refractivity contribution in [2.24, 2.45) is 0 Å². The van der Waals surface area contributed by atoms with Gasteiger partial charge in [-0.3, -0.25) is 14.9 Å². The van der Waals surface area contributed by atoms with E-state index in [-0.39, 0.29) is 11.3 Å². The van der Waals surface area contributed by atoms with Gasteiger partial charge in [0.25, 0.3) is 11.6 Å². The zero-order valence-corrected chi connectivity index (χ0v) is 16.5. The molecule has 0 aliphatic heterocycles. The maximum absolute atomic E-state index is 12.8. The Hall–Kier alpha value is -3.65. The van der Waals surface area contributed by atoms with Crippen LogP contribution in [0.25, 0.3) is 20.9 Å². The van der Waals surface area contributed by atoms with E-state index in [2.05, 4.69) is 15.3 Å². The minimum Gasteiger partial charge on any atom is -0.322 e. The Balaban J connectivity index is 1.67. The predicted octanol–water partition coefficient (Wildman–Crippen LogP) is 5.14. The molecule has 2 aromatic carbocycles. The van der Waals surface area contributed by atoms with Gasteiger partial charge in [-0.1, -0.05) is 29.5 Å². The number of thiazole rings is 1.